The average Bonchev–Trinajstić information content (AvgIpc) is 0.757. The molecule has 3 fully saturated rings. The molecule has 132 heavy (non-hydrogen) atoms. The monoisotopic (exact) mass is 1880 g/mol. The summed E-state index contributed by atoms with van der Waals surface area (Å²) in [5.74, 6) is -19.7. The molecule has 3 saturated heterocycles. The number of halogens is 2. The van der Waals surface area contributed by atoms with Gasteiger partial charge in [-0.1, -0.05) is 79.4 Å². The molecule has 7 aromatic carbocycles. The number of amides is 8. The Balaban J connectivity index is 1.04. The highest BCUT2D eigenvalue weighted by molar-refractivity contribution is 6.32. The third-order valence-corrected chi connectivity index (χ3v) is 23.7. The van der Waals surface area contributed by atoms with Crippen molar-refractivity contribution in [3.05, 3.63) is 176 Å². The lowest BCUT2D eigenvalue weighted by molar-refractivity contribution is -0.284. The van der Waals surface area contributed by atoms with Crippen LogP contribution in [0.2, 0.25) is 10.0 Å². The van der Waals surface area contributed by atoms with Crippen molar-refractivity contribution in [3.63, 3.8) is 0 Å². The number of carboxylic acid groups (broad SMARTS) is 1. The molecule has 704 valence electrons. The third kappa shape index (κ3) is 20.6. The van der Waals surface area contributed by atoms with Gasteiger partial charge in [-0.05, 0) is 132 Å². The summed E-state index contributed by atoms with van der Waals surface area (Å²) in [6, 6.07) is 0.558. The molecule has 9 heterocycles. The van der Waals surface area contributed by atoms with Crippen LogP contribution in [-0.4, -0.2) is 254 Å². The maximum absolute atomic E-state index is 17.0. The van der Waals surface area contributed by atoms with Crippen molar-refractivity contribution in [2.75, 3.05) is 19.8 Å². The summed E-state index contributed by atoms with van der Waals surface area (Å²) < 4.78 is 57.4. The van der Waals surface area contributed by atoms with E-state index in [2.05, 4.69) is 42.5 Å². The zero-order valence-electron chi connectivity index (χ0n) is 69.9. The number of carboxylic acids is 1. The summed E-state index contributed by atoms with van der Waals surface area (Å²) in [7, 11) is 0. The van der Waals surface area contributed by atoms with Gasteiger partial charge in [0.25, 0.3) is 0 Å². The van der Waals surface area contributed by atoms with Gasteiger partial charge in [0.15, 0.2) is 35.3 Å². The number of rotatable bonds is 19. The molecule has 8 amide bonds. The van der Waals surface area contributed by atoms with Crippen molar-refractivity contribution in [1.82, 2.24) is 42.5 Å². The van der Waals surface area contributed by atoms with Crippen LogP contribution in [0.5, 0.6) is 69.0 Å². The second-order valence-electron chi connectivity index (χ2n) is 32.3. The fraction of sp³-hybridized carbons (Fsp3) is 0.398. The Labute approximate surface area is 759 Å². The number of nitrogens with one attached hydrogen (secondary N) is 8. The molecule has 42 nitrogen and oxygen atoms in total. The summed E-state index contributed by atoms with van der Waals surface area (Å²) in [4.78, 5) is 138. The van der Waals surface area contributed by atoms with Gasteiger partial charge in [0.05, 0.1) is 29.9 Å². The van der Waals surface area contributed by atoms with Gasteiger partial charge in [-0.25, -0.2) is 4.79 Å². The van der Waals surface area contributed by atoms with Gasteiger partial charge in [0.2, 0.25) is 65.6 Å². The number of aromatic hydroxyl groups is 4. The molecule has 0 spiro atoms. The van der Waals surface area contributed by atoms with Gasteiger partial charge in [-0.3, -0.25) is 38.4 Å². The molecule has 9 aliphatic rings. The molecule has 0 radical (unpaired) electrons. The predicted molar refractivity (Wildman–Crippen MR) is 453 cm³/mol. The highest BCUT2D eigenvalue weighted by Crippen LogP contribution is 2.51. The van der Waals surface area contributed by atoms with E-state index in [1.54, 1.807) is 6.08 Å². The molecule has 25 N–H and O–H groups in total. The van der Waals surface area contributed by atoms with Gasteiger partial charge < -0.3 is 167 Å². The van der Waals surface area contributed by atoms with E-state index in [-0.39, 0.29) is 46.2 Å². The Kier molecular flexibility index (Phi) is 29.6. The van der Waals surface area contributed by atoms with E-state index in [1.165, 1.54) is 30.3 Å². The number of phenols is 4. The minimum atomic E-state index is -2.59. The van der Waals surface area contributed by atoms with E-state index < -0.39 is 316 Å². The Morgan fingerprint density at radius 2 is 1.07 bits per heavy atom. The number of nitrogens with two attached hydrogens (primary N) is 1. The summed E-state index contributed by atoms with van der Waals surface area (Å²) in [5, 5.41) is 190. The number of aliphatic hydroxyl groups is 10. The number of carbonyl (C=O) groups is 9. The van der Waals surface area contributed by atoms with Crippen molar-refractivity contribution < 1.29 is 162 Å². The molecular weight excluding hydrogens is 1780 g/mol. The van der Waals surface area contributed by atoms with Gasteiger partial charge in [-0.2, -0.15) is 0 Å². The molecule has 44 heteroatoms. The molecule has 0 saturated carbocycles. The number of carbonyl (C=O) groups excluding carboxylic acids is 8. The molecular formula is C88H95Cl2N9O33. The minimum absolute atomic E-state index is 0.0251. The second-order valence-corrected chi connectivity index (χ2v) is 33.2. The maximum Gasteiger partial charge on any atom is 0.330 e. The topological polar surface area (TPSA) is 662 Å². The first-order chi connectivity index (χ1) is 63.0. The highest BCUT2D eigenvalue weighted by atomic mass is 35.5. The van der Waals surface area contributed by atoms with Crippen LogP contribution in [0.25, 0.3) is 11.1 Å². The Bertz CT molecular complexity index is 5600. The lowest BCUT2D eigenvalue weighted by Gasteiger charge is -2.44. The van der Waals surface area contributed by atoms with Gasteiger partial charge in [0.1, 0.15) is 156 Å². The van der Waals surface area contributed by atoms with Crippen molar-refractivity contribution in [2.24, 2.45) is 5.73 Å². The number of allylic oxidation sites excluding steroid dienone is 2. The van der Waals surface area contributed by atoms with Crippen LogP contribution in [0.3, 0.4) is 0 Å². The Morgan fingerprint density at radius 3 is 1.70 bits per heavy atom. The van der Waals surface area contributed by atoms with E-state index in [0.29, 0.717) is 6.42 Å². The minimum Gasteiger partial charge on any atom is -0.508 e. The van der Waals surface area contributed by atoms with E-state index in [9.17, 15) is 95.8 Å². The zero-order valence-corrected chi connectivity index (χ0v) is 71.4. The largest absolute Gasteiger partial charge is 0.508 e. The highest BCUT2D eigenvalue weighted by Gasteiger charge is 2.52. The lowest BCUT2D eigenvalue weighted by atomic mass is 9.89. The maximum atomic E-state index is 17.0. The van der Waals surface area contributed by atoms with Crippen LogP contribution in [0, 0.1) is 0 Å². The first kappa shape index (κ1) is 95.8. The molecule has 17 bridgehead atoms. The normalized spacial score (nSPS) is 28.9. The molecule has 0 unspecified atom stereocenters. The Morgan fingerprint density at radius 1 is 0.508 bits per heavy atom. The molecule has 0 aromatic heterocycles. The summed E-state index contributed by atoms with van der Waals surface area (Å²) >= 11 is 14.7. The molecule has 16 rings (SSSR count). The summed E-state index contributed by atoms with van der Waals surface area (Å²) in [6.07, 6.45) is -22.2. The average molecular weight is 1880 g/mol. The van der Waals surface area contributed by atoms with Crippen molar-refractivity contribution in [3.8, 4) is 80.1 Å². The standard InChI is InChI=1S/C88H95Cl2N9O33/c1-3-4-5-6-7-8-9-10-60(108)94-68-74(113)71(110)58(32-101)129-87(68)132-78-55-26-40-27-56(78)126-52-18-14-38(24-47(52)90)77(131-86-67(92-34(2)103)73(112)70(109)57(31-100)128-86)69-84(121)98-66(85(122)123)45-29-42(105)30-54(127-88-76(115)75(114)72(111)59(33-102)130-88)61(45)44-23-37(13-15-49(44)106)63(81(118)99-69)96-83(120)65(40)97-82(119)64-39-21-41(104)28-43(22-39)124-53-25-36(12-16-50(53)107)62(91)80(117)93-48(79(116)95-64)20-35-11-17-51(125-55)46(89)19-35/h7-8,11-19,21-30,48,57-59,62-77,86-88,100-102,104-107,109-115H,3-6,9-10,20,31-33,91H2,1-2H3,(H,92,103)(H,93,117)(H,94,108)(H,95,116)(H,96,120)(H,97,119)(H,98,121)(H,99,118)(H,122,123)/b8-7+/t48-,57-,58-,59-,62-,63-,64+,65-,66+,67-,68-,69+,70-,71-,72-,73-,74-,75+,76+,77-,86+,87+,88+/m1/s1. The van der Waals surface area contributed by atoms with E-state index >= 15 is 24.0 Å². The second kappa shape index (κ2) is 40.8. The first-order valence-electron chi connectivity index (χ1n) is 41.7. The van der Waals surface area contributed by atoms with E-state index in [1.807, 2.05) is 13.0 Å². The van der Waals surface area contributed by atoms with Crippen molar-refractivity contribution in [1.29, 1.82) is 0 Å². The number of phenolic OH excluding ortho intramolecular Hbond substituents is 4. The zero-order chi connectivity index (χ0) is 94.7. The van der Waals surface area contributed by atoms with Crippen LogP contribution >= 0.6 is 23.2 Å². The number of aliphatic carboxylic acids is 1. The van der Waals surface area contributed by atoms with Crippen LogP contribution in [-0.2, 0) is 68.5 Å². The fourth-order valence-corrected chi connectivity index (χ4v) is 16.7. The van der Waals surface area contributed by atoms with Crippen molar-refractivity contribution in [2.45, 2.75) is 199 Å². The first-order valence-corrected chi connectivity index (χ1v) is 42.5. The van der Waals surface area contributed by atoms with Crippen LogP contribution in [0.15, 0.2) is 127 Å². The van der Waals surface area contributed by atoms with Crippen molar-refractivity contribution >= 4 is 76.4 Å². The lowest BCUT2D eigenvalue weighted by Crippen LogP contribution is -2.65. The number of hydrogen-bond acceptors (Lipinski definition) is 33. The number of ether oxygens (including phenoxy) is 9. The van der Waals surface area contributed by atoms with Gasteiger partial charge >= 0.3 is 5.97 Å². The van der Waals surface area contributed by atoms with Crippen LogP contribution in [0.4, 0.5) is 0 Å². The number of hydrogen-bond donors (Lipinski definition) is 24. The van der Waals surface area contributed by atoms with E-state index in [0.717, 1.165) is 111 Å². The van der Waals surface area contributed by atoms with E-state index in [4.69, 9.17) is 71.6 Å². The number of unbranched alkanes of at least 4 members (excludes halogenated alkanes) is 3. The molecule has 7 aromatic rings. The molecule has 9 aliphatic heterocycles. The molecule has 23 atom stereocenters. The summed E-state index contributed by atoms with van der Waals surface area (Å²) in [5.41, 5.74) is 2.76. The SMILES string of the molecule is CCCCC/C=C/CCC(=O)N[C@H]1[C@H](Oc2c3cc4cc2Oc2ccc(cc2Cl)[C@@H](O[C@@H]2O[C@H](CO)[C@@H](O)[C@H](O)[C@H]2NC(C)=O)[C@@H]2NC(=O)[C@H](NC(=O)[C@@H]4NC(=O)[C@H]4NC(=O)[C@@H](Cc5ccc(c(Cl)c5)O3)NC(=O)[C@H](N)c3ccc(O)c(c3)Oc3cc(O)cc4c3)c3ccc(O)c(c3)-c3c(O[C@H]4O[C@H](CO)[C@@H](O)[C@H](O)[C@@H]4O)cc(O)cc3[C@@H](C(=O)O)NC2=O)O[C@H](CO)[C@@H](O)[C@@H]1O. The number of fused-ring (bicyclic) bond motifs is 14. The third-order valence-electron chi connectivity index (χ3n) is 23.1. The number of aliphatic hydroxyl groups excluding tert-OH is 10. The molecule has 0 aliphatic carbocycles. The quantitative estimate of drug-likeness (QED) is 0.0396. The fourth-order valence-electron chi connectivity index (χ4n) is 16.2. The van der Waals surface area contributed by atoms with Crippen LogP contribution in [0.1, 0.15) is 128 Å². The number of benzene rings is 7. The smallest absolute Gasteiger partial charge is 0.330 e. The Hall–Kier alpha value is -12.3. The summed E-state index contributed by atoms with van der Waals surface area (Å²) in [6.45, 7) is -0.149. The predicted octanol–water partition coefficient (Wildman–Crippen LogP) is 0.940. The van der Waals surface area contributed by atoms with Gasteiger partial charge in [-0.15, -0.1) is 0 Å². The van der Waals surface area contributed by atoms with Crippen LogP contribution < -0.4 is 72.0 Å². The van der Waals surface area contributed by atoms with Gasteiger partial charge in [0, 0.05) is 48.6 Å².